The molecule has 126 valence electrons. The van der Waals surface area contributed by atoms with Gasteiger partial charge in [0.05, 0.1) is 4.92 Å². The number of nitro groups is 2. The first-order valence-corrected chi connectivity index (χ1v) is 7.97. The highest BCUT2D eigenvalue weighted by Gasteiger charge is 2.24. The molecule has 0 aliphatic carbocycles. The smallest absolute Gasteiger partial charge is 0.264 e. The molecule has 0 aromatic heterocycles. The zero-order chi connectivity index (χ0) is 17.4. The van der Waals surface area contributed by atoms with Gasteiger partial charge in [0.1, 0.15) is 0 Å². The van der Waals surface area contributed by atoms with E-state index >= 15 is 0 Å². The fourth-order valence-electron chi connectivity index (χ4n) is 2.75. The van der Waals surface area contributed by atoms with Crippen LogP contribution in [0, 0.1) is 20.2 Å². The molecular formula is C18H20N2O4. The molecule has 6 nitrogen and oxygen atoms in total. The number of hydrogen-bond donors (Lipinski definition) is 0. The summed E-state index contributed by atoms with van der Waals surface area (Å²) in [4.78, 5) is 21.5. The third kappa shape index (κ3) is 5.15. The topological polar surface area (TPSA) is 86.3 Å². The summed E-state index contributed by atoms with van der Waals surface area (Å²) in [5, 5.41) is 22.3. The van der Waals surface area contributed by atoms with Gasteiger partial charge < -0.3 is 0 Å². The standard InChI is InChI=1S/C18H20N2O4/c21-19(22)17(12-6-4-10-15-8-2-1-3-9-15)14-16-11-5-7-13-18(16)20(23)24/h1-3,5,7-9,11,13,17H,4,6,10,12,14H2. The number of unbranched alkanes of at least 4 members (excludes halogenated alkanes) is 1. The van der Waals surface area contributed by atoms with Crippen molar-refractivity contribution in [2.24, 2.45) is 0 Å². The van der Waals surface area contributed by atoms with Crippen molar-refractivity contribution in [3.8, 4) is 0 Å². The maximum Gasteiger partial charge on any atom is 0.272 e. The second-order valence-corrected chi connectivity index (χ2v) is 5.76. The van der Waals surface area contributed by atoms with Gasteiger partial charge in [0.2, 0.25) is 6.04 Å². The molecule has 0 N–H and O–H groups in total. The van der Waals surface area contributed by atoms with Crippen LogP contribution in [0.15, 0.2) is 54.6 Å². The Balaban J connectivity index is 1.91. The van der Waals surface area contributed by atoms with E-state index in [2.05, 4.69) is 0 Å². The van der Waals surface area contributed by atoms with Gasteiger partial charge in [0.25, 0.3) is 5.69 Å². The van der Waals surface area contributed by atoms with Gasteiger partial charge in [-0.2, -0.15) is 0 Å². The molecule has 24 heavy (non-hydrogen) atoms. The number of aryl methyl sites for hydroxylation is 1. The summed E-state index contributed by atoms with van der Waals surface area (Å²) in [6.45, 7) is 0. The van der Waals surface area contributed by atoms with Crippen LogP contribution in [0.5, 0.6) is 0 Å². The first-order chi connectivity index (χ1) is 11.6. The third-order valence-electron chi connectivity index (χ3n) is 4.04. The molecule has 1 atom stereocenters. The van der Waals surface area contributed by atoms with Crippen molar-refractivity contribution in [2.75, 3.05) is 0 Å². The van der Waals surface area contributed by atoms with Crippen LogP contribution in [-0.2, 0) is 12.8 Å². The minimum atomic E-state index is -0.790. The van der Waals surface area contributed by atoms with E-state index < -0.39 is 11.0 Å². The maximum absolute atomic E-state index is 11.3. The summed E-state index contributed by atoms with van der Waals surface area (Å²) in [6, 6.07) is 15.4. The predicted octanol–water partition coefficient (Wildman–Crippen LogP) is 4.20. The molecule has 0 bridgehead atoms. The molecule has 0 saturated heterocycles. The summed E-state index contributed by atoms with van der Waals surface area (Å²) in [6.07, 6.45) is 2.99. The Labute approximate surface area is 140 Å². The van der Waals surface area contributed by atoms with E-state index in [1.165, 1.54) is 11.6 Å². The minimum Gasteiger partial charge on any atom is -0.264 e. The lowest BCUT2D eigenvalue weighted by molar-refractivity contribution is -0.523. The van der Waals surface area contributed by atoms with E-state index in [9.17, 15) is 20.2 Å². The maximum atomic E-state index is 11.3. The summed E-state index contributed by atoms with van der Waals surface area (Å²) < 4.78 is 0. The lowest BCUT2D eigenvalue weighted by Gasteiger charge is -2.10. The first kappa shape index (κ1) is 17.6. The van der Waals surface area contributed by atoms with E-state index in [1.54, 1.807) is 18.2 Å². The fourth-order valence-corrected chi connectivity index (χ4v) is 2.75. The van der Waals surface area contributed by atoms with Crippen molar-refractivity contribution in [1.29, 1.82) is 0 Å². The summed E-state index contributed by atoms with van der Waals surface area (Å²) >= 11 is 0. The van der Waals surface area contributed by atoms with Crippen LogP contribution < -0.4 is 0 Å². The quantitative estimate of drug-likeness (QED) is 0.392. The molecule has 6 heteroatoms. The molecule has 2 rings (SSSR count). The predicted molar refractivity (Wildman–Crippen MR) is 91.6 cm³/mol. The van der Waals surface area contributed by atoms with Gasteiger partial charge in [-0.25, -0.2) is 0 Å². The molecule has 0 aliphatic rings. The summed E-state index contributed by atoms with van der Waals surface area (Å²) in [7, 11) is 0. The van der Waals surface area contributed by atoms with Gasteiger partial charge in [-0.15, -0.1) is 0 Å². The number of rotatable bonds is 9. The Morgan fingerprint density at radius 3 is 2.21 bits per heavy atom. The number of para-hydroxylation sites is 1. The van der Waals surface area contributed by atoms with Gasteiger partial charge in [-0.3, -0.25) is 20.2 Å². The highest BCUT2D eigenvalue weighted by Crippen LogP contribution is 2.22. The zero-order valence-corrected chi connectivity index (χ0v) is 13.3. The molecule has 0 fully saturated rings. The second kappa shape index (κ2) is 8.76. The molecule has 0 radical (unpaired) electrons. The Morgan fingerprint density at radius 1 is 0.875 bits per heavy atom. The third-order valence-corrected chi connectivity index (χ3v) is 4.04. The Morgan fingerprint density at radius 2 is 1.54 bits per heavy atom. The molecule has 0 aliphatic heterocycles. The molecule has 0 heterocycles. The van der Waals surface area contributed by atoms with Crippen molar-refractivity contribution < 1.29 is 9.85 Å². The zero-order valence-electron chi connectivity index (χ0n) is 13.3. The number of nitrogens with zero attached hydrogens (tertiary/aromatic N) is 2. The minimum absolute atomic E-state index is 0.0476. The van der Waals surface area contributed by atoms with E-state index in [1.807, 2.05) is 30.3 Å². The average Bonchev–Trinajstić information content (AvgIpc) is 2.58. The van der Waals surface area contributed by atoms with Crippen molar-refractivity contribution in [2.45, 2.75) is 38.1 Å². The van der Waals surface area contributed by atoms with Crippen LogP contribution in [0.4, 0.5) is 5.69 Å². The van der Waals surface area contributed by atoms with Gasteiger partial charge in [0, 0.05) is 29.4 Å². The Hall–Kier alpha value is -2.76. The van der Waals surface area contributed by atoms with Crippen LogP contribution >= 0.6 is 0 Å². The van der Waals surface area contributed by atoms with Gasteiger partial charge in [-0.1, -0.05) is 48.5 Å². The Bertz CT molecular complexity index is 688. The van der Waals surface area contributed by atoms with E-state index in [-0.39, 0.29) is 17.0 Å². The summed E-state index contributed by atoms with van der Waals surface area (Å²) in [5.74, 6) is 0. The van der Waals surface area contributed by atoms with Crippen LogP contribution in [0.3, 0.4) is 0 Å². The molecular weight excluding hydrogens is 308 g/mol. The molecule has 2 aromatic rings. The first-order valence-electron chi connectivity index (χ1n) is 7.97. The van der Waals surface area contributed by atoms with Gasteiger partial charge in [-0.05, 0) is 24.8 Å². The highest BCUT2D eigenvalue weighted by molar-refractivity contribution is 5.40. The lowest BCUT2D eigenvalue weighted by Crippen LogP contribution is -2.22. The molecule has 0 spiro atoms. The summed E-state index contributed by atoms with van der Waals surface area (Å²) in [5.41, 5.74) is 1.59. The van der Waals surface area contributed by atoms with Crippen molar-refractivity contribution >= 4 is 5.69 Å². The molecule has 0 saturated carbocycles. The highest BCUT2D eigenvalue weighted by atomic mass is 16.6. The monoisotopic (exact) mass is 328 g/mol. The number of hydrogen-bond acceptors (Lipinski definition) is 4. The van der Waals surface area contributed by atoms with Gasteiger partial charge >= 0.3 is 0 Å². The Kier molecular flexibility index (Phi) is 6.42. The van der Waals surface area contributed by atoms with Crippen LogP contribution in [0.2, 0.25) is 0 Å². The largest absolute Gasteiger partial charge is 0.272 e. The SMILES string of the molecule is O=[N+]([O-])c1ccccc1CC(CCCCc1ccccc1)[N+](=O)[O-]. The lowest BCUT2D eigenvalue weighted by atomic mass is 9.98. The van der Waals surface area contributed by atoms with E-state index in [0.29, 0.717) is 12.0 Å². The van der Waals surface area contributed by atoms with Gasteiger partial charge in [0.15, 0.2) is 0 Å². The molecule has 2 aromatic carbocycles. The van der Waals surface area contributed by atoms with Crippen molar-refractivity contribution in [3.05, 3.63) is 86.0 Å². The average molecular weight is 328 g/mol. The van der Waals surface area contributed by atoms with Crippen LogP contribution in [-0.4, -0.2) is 15.9 Å². The van der Waals surface area contributed by atoms with E-state index in [4.69, 9.17) is 0 Å². The number of nitro benzene ring substituents is 1. The van der Waals surface area contributed by atoms with Crippen molar-refractivity contribution in [3.63, 3.8) is 0 Å². The normalized spacial score (nSPS) is 11.8. The second-order valence-electron chi connectivity index (χ2n) is 5.76. The van der Waals surface area contributed by atoms with Crippen LogP contribution in [0.25, 0.3) is 0 Å². The number of benzene rings is 2. The molecule has 0 amide bonds. The molecule has 1 unspecified atom stereocenters. The fraction of sp³-hybridized carbons (Fsp3) is 0.333. The van der Waals surface area contributed by atoms with Crippen molar-refractivity contribution in [1.82, 2.24) is 0 Å². The van der Waals surface area contributed by atoms with E-state index in [0.717, 1.165) is 19.3 Å². The van der Waals surface area contributed by atoms with Crippen LogP contribution in [0.1, 0.15) is 30.4 Å².